The number of ether oxygens (including phenoxy) is 1. The number of methoxy groups -OCH3 is 1. The van der Waals surface area contributed by atoms with Gasteiger partial charge in [0.1, 0.15) is 22.7 Å². The van der Waals surface area contributed by atoms with Crippen molar-refractivity contribution in [2.75, 3.05) is 7.11 Å². The average molecular weight is 295 g/mol. The number of amides is 1. The highest BCUT2D eigenvalue weighted by Gasteiger charge is 2.40. The van der Waals surface area contributed by atoms with Crippen molar-refractivity contribution in [1.29, 1.82) is 0 Å². The van der Waals surface area contributed by atoms with Gasteiger partial charge in [-0.25, -0.2) is 4.39 Å². The Kier molecular flexibility index (Phi) is 4.30. The molecule has 4 N–H and O–H groups in total. The standard InChI is InChI=1S/C14H18FN3O3/c1-21-10-6-4-5-9(15)11(10)12(19)17-14(13(16)18-20)7-2-3-8-14/h4-6,20H,2-3,7-8H2,1H3,(H2,16,18)(H,17,19). The number of carbonyl (C=O) groups is 1. The van der Waals surface area contributed by atoms with E-state index in [4.69, 9.17) is 15.7 Å². The van der Waals surface area contributed by atoms with Crippen LogP contribution >= 0.6 is 0 Å². The van der Waals surface area contributed by atoms with Crippen LogP contribution in [-0.4, -0.2) is 29.6 Å². The van der Waals surface area contributed by atoms with Gasteiger partial charge in [-0.05, 0) is 25.0 Å². The summed E-state index contributed by atoms with van der Waals surface area (Å²) in [6, 6.07) is 4.14. The van der Waals surface area contributed by atoms with Crippen LogP contribution < -0.4 is 15.8 Å². The van der Waals surface area contributed by atoms with E-state index in [1.807, 2.05) is 0 Å². The molecule has 0 spiro atoms. The number of nitrogens with zero attached hydrogens (tertiary/aromatic N) is 1. The van der Waals surface area contributed by atoms with Gasteiger partial charge in [0.15, 0.2) is 5.84 Å². The minimum Gasteiger partial charge on any atom is -0.496 e. The summed E-state index contributed by atoms with van der Waals surface area (Å²) in [5.41, 5.74) is 4.59. The summed E-state index contributed by atoms with van der Waals surface area (Å²) < 4.78 is 18.9. The second-order valence-corrected chi connectivity index (χ2v) is 5.05. The lowest BCUT2D eigenvalue weighted by atomic mass is 9.95. The molecule has 1 aliphatic carbocycles. The molecule has 1 aliphatic rings. The van der Waals surface area contributed by atoms with Crippen LogP contribution in [0.1, 0.15) is 36.0 Å². The minimum atomic E-state index is -0.931. The molecule has 0 aromatic heterocycles. The van der Waals surface area contributed by atoms with Crippen molar-refractivity contribution in [2.24, 2.45) is 10.9 Å². The van der Waals surface area contributed by atoms with Gasteiger partial charge in [-0.2, -0.15) is 0 Å². The molecule has 7 heteroatoms. The van der Waals surface area contributed by atoms with Gasteiger partial charge in [-0.3, -0.25) is 4.79 Å². The van der Waals surface area contributed by atoms with Crippen LogP contribution in [-0.2, 0) is 0 Å². The molecular weight excluding hydrogens is 277 g/mol. The molecule has 0 bridgehead atoms. The van der Waals surface area contributed by atoms with Crippen LogP contribution in [0, 0.1) is 5.82 Å². The van der Waals surface area contributed by atoms with Gasteiger partial charge in [0, 0.05) is 0 Å². The highest BCUT2D eigenvalue weighted by atomic mass is 19.1. The lowest BCUT2D eigenvalue weighted by Gasteiger charge is -2.29. The van der Waals surface area contributed by atoms with Gasteiger partial charge >= 0.3 is 0 Å². The summed E-state index contributed by atoms with van der Waals surface area (Å²) in [5, 5.41) is 14.6. The third-order valence-corrected chi connectivity index (χ3v) is 3.83. The summed E-state index contributed by atoms with van der Waals surface area (Å²) in [6.45, 7) is 0. The van der Waals surface area contributed by atoms with Crippen LogP contribution in [0.15, 0.2) is 23.4 Å². The topological polar surface area (TPSA) is 96.9 Å². The summed E-state index contributed by atoms with van der Waals surface area (Å²) in [5.74, 6) is -1.25. The van der Waals surface area contributed by atoms with Crippen LogP contribution in [0.5, 0.6) is 5.75 Å². The molecule has 1 fully saturated rings. The molecule has 1 aromatic carbocycles. The van der Waals surface area contributed by atoms with Gasteiger partial charge in [-0.15, -0.1) is 0 Å². The normalized spacial score (nSPS) is 17.5. The molecule has 0 heterocycles. The van der Waals surface area contributed by atoms with E-state index in [9.17, 15) is 9.18 Å². The smallest absolute Gasteiger partial charge is 0.258 e. The number of halogens is 1. The van der Waals surface area contributed by atoms with Gasteiger partial charge in [0.25, 0.3) is 5.91 Å². The summed E-state index contributed by atoms with van der Waals surface area (Å²) in [7, 11) is 1.36. The maximum atomic E-state index is 13.9. The Morgan fingerprint density at radius 1 is 1.48 bits per heavy atom. The van der Waals surface area contributed by atoms with Crippen molar-refractivity contribution < 1.29 is 19.1 Å². The molecular formula is C14H18FN3O3. The van der Waals surface area contributed by atoms with Gasteiger partial charge in [-0.1, -0.05) is 24.1 Å². The number of amidine groups is 1. The monoisotopic (exact) mass is 295 g/mol. The first-order chi connectivity index (χ1) is 10.0. The Hall–Kier alpha value is -2.31. The largest absolute Gasteiger partial charge is 0.496 e. The fourth-order valence-electron chi connectivity index (χ4n) is 2.69. The van der Waals surface area contributed by atoms with E-state index in [0.717, 1.165) is 12.8 Å². The van der Waals surface area contributed by atoms with Crippen molar-refractivity contribution in [3.05, 3.63) is 29.6 Å². The van der Waals surface area contributed by atoms with Crippen molar-refractivity contribution in [1.82, 2.24) is 5.32 Å². The summed E-state index contributed by atoms with van der Waals surface area (Å²) >= 11 is 0. The zero-order valence-corrected chi connectivity index (χ0v) is 11.7. The highest BCUT2D eigenvalue weighted by Crippen LogP contribution is 2.31. The second-order valence-electron chi connectivity index (χ2n) is 5.05. The van der Waals surface area contributed by atoms with Crippen LogP contribution in [0.4, 0.5) is 4.39 Å². The third kappa shape index (κ3) is 2.76. The first-order valence-corrected chi connectivity index (χ1v) is 6.67. The number of hydrogen-bond acceptors (Lipinski definition) is 4. The molecule has 6 nitrogen and oxygen atoms in total. The van der Waals surface area contributed by atoms with Crippen molar-refractivity contribution in [2.45, 2.75) is 31.2 Å². The molecule has 0 atom stereocenters. The molecule has 21 heavy (non-hydrogen) atoms. The third-order valence-electron chi connectivity index (χ3n) is 3.83. The minimum absolute atomic E-state index is 0.0661. The van der Waals surface area contributed by atoms with E-state index >= 15 is 0 Å². The Bertz CT molecular complexity index is 569. The maximum Gasteiger partial charge on any atom is 0.258 e. The number of oxime groups is 1. The predicted octanol–water partition coefficient (Wildman–Crippen LogP) is 1.62. The fraction of sp³-hybridized carbons (Fsp3) is 0.429. The number of carbonyl (C=O) groups excluding carboxylic acids is 1. The number of nitrogens with two attached hydrogens (primary N) is 1. The SMILES string of the molecule is COc1cccc(F)c1C(=O)NC1(C(N)=NO)CCCC1. The number of benzene rings is 1. The van der Waals surface area contributed by atoms with E-state index < -0.39 is 17.3 Å². The molecule has 0 aliphatic heterocycles. The molecule has 1 amide bonds. The van der Waals surface area contributed by atoms with E-state index in [2.05, 4.69) is 10.5 Å². The predicted molar refractivity (Wildman–Crippen MR) is 75.0 cm³/mol. The Balaban J connectivity index is 2.33. The molecule has 0 saturated heterocycles. The zero-order chi connectivity index (χ0) is 15.5. The number of hydrogen-bond donors (Lipinski definition) is 3. The fourth-order valence-corrected chi connectivity index (χ4v) is 2.69. The molecule has 1 aromatic rings. The maximum absolute atomic E-state index is 13.9. The number of nitrogens with one attached hydrogen (secondary N) is 1. The lowest BCUT2D eigenvalue weighted by molar-refractivity contribution is 0.0915. The highest BCUT2D eigenvalue weighted by molar-refractivity contribution is 6.02. The molecule has 0 unspecified atom stereocenters. The summed E-state index contributed by atoms with van der Waals surface area (Å²) in [4.78, 5) is 12.4. The van der Waals surface area contributed by atoms with Gasteiger partial charge < -0.3 is 21.0 Å². The Morgan fingerprint density at radius 2 is 2.14 bits per heavy atom. The zero-order valence-electron chi connectivity index (χ0n) is 11.7. The van der Waals surface area contributed by atoms with Crippen molar-refractivity contribution in [3.63, 3.8) is 0 Å². The average Bonchev–Trinajstić information content (AvgIpc) is 2.95. The molecule has 114 valence electrons. The Labute approximate surface area is 121 Å². The lowest BCUT2D eigenvalue weighted by Crippen LogP contribution is -2.55. The van der Waals surface area contributed by atoms with E-state index in [0.29, 0.717) is 12.8 Å². The Morgan fingerprint density at radius 3 is 2.71 bits per heavy atom. The van der Waals surface area contributed by atoms with Crippen molar-refractivity contribution >= 4 is 11.7 Å². The molecule has 0 radical (unpaired) electrons. The van der Waals surface area contributed by atoms with Crippen molar-refractivity contribution in [3.8, 4) is 5.75 Å². The summed E-state index contributed by atoms with van der Waals surface area (Å²) in [6.07, 6.45) is 2.77. The van der Waals surface area contributed by atoms with E-state index in [1.165, 1.54) is 25.3 Å². The van der Waals surface area contributed by atoms with Crippen LogP contribution in [0.2, 0.25) is 0 Å². The van der Waals surface area contributed by atoms with Gasteiger partial charge in [0.05, 0.1) is 7.11 Å². The van der Waals surface area contributed by atoms with E-state index in [1.54, 1.807) is 0 Å². The molecule has 1 saturated carbocycles. The second kappa shape index (κ2) is 5.99. The van der Waals surface area contributed by atoms with Gasteiger partial charge in [0.2, 0.25) is 0 Å². The number of rotatable bonds is 4. The first-order valence-electron chi connectivity index (χ1n) is 6.67. The quantitative estimate of drug-likeness (QED) is 0.340. The molecule has 2 rings (SSSR count). The van der Waals surface area contributed by atoms with Crippen LogP contribution in [0.25, 0.3) is 0 Å². The van der Waals surface area contributed by atoms with Crippen LogP contribution in [0.3, 0.4) is 0 Å². The first kappa shape index (κ1) is 15.1. The van der Waals surface area contributed by atoms with E-state index in [-0.39, 0.29) is 17.1 Å².